The minimum Gasteiger partial charge on any atom is -0.489 e. The van der Waals surface area contributed by atoms with E-state index < -0.39 is 23.5 Å². The summed E-state index contributed by atoms with van der Waals surface area (Å²) in [7, 11) is 0. The van der Waals surface area contributed by atoms with Gasteiger partial charge in [-0.05, 0) is 43.3 Å². The first-order valence-electron chi connectivity index (χ1n) is 8.57. The van der Waals surface area contributed by atoms with Crippen LogP contribution in [-0.4, -0.2) is 12.7 Å². The number of benzene rings is 2. The average Bonchev–Trinajstić information content (AvgIpc) is 2.65. The third kappa shape index (κ3) is 5.07. The maximum Gasteiger partial charge on any atom is 0.416 e. The van der Waals surface area contributed by atoms with E-state index in [2.05, 4.69) is 5.32 Å². The predicted octanol–water partition coefficient (Wildman–Crippen LogP) is 4.96. The zero-order chi connectivity index (χ0) is 21.0. The van der Waals surface area contributed by atoms with Crippen molar-refractivity contribution in [3.63, 3.8) is 0 Å². The van der Waals surface area contributed by atoms with Crippen LogP contribution >= 0.6 is 0 Å². The molecule has 1 amide bonds. The van der Waals surface area contributed by atoms with Gasteiger partial charge in [0.15, 0.2) is 0 Å². The van der Waals surface area contributed by atoms with E-state index in [0.29, 0.717) is 16.6 Å². The van der Waals surface area contributed by atoms with Crippen LogP contribution in [0.15, 0.2) is 57.7 Å². The summed E-state index contributed by atoms with van der Waals surface area (Å²) in [5.74, 6) is 0.222. The number of carbonyl (C=O) groups is 1. The number of ether oxygens (including phenoxy) is 2. The Labute approximate surface area is 162 Å². The van der Waals surface area contributed by atoms with Gasteiger partial charge in [0.2, 0.25) is 0 Å². The lowest BCUT2D eigenvalue weighted by atomic mass is 10.1. The summed E-state index contributed by atoms with van der Waals surface area (Å²) >= 11 is 0. The molecule has 0 radical (unpaired) electrons. The summed E-state index contributed by atoms with van der Waals surface area (Å²) in [4.78, 5) is 23.4. The molecule has 0 fully saturated rings. The largest absolute Gasteiger partial charge is 0.489 e. The van der Waals surface area contributed by atoms with E-state index in [9.17, 15) is 22.8 Å². The summed E-state index contributed by atoms with van der Waals surface area (Å²) in [6.07, 6.45) is -5.07. The minimum atomic E-state index is -4.43. The monoisotopic (exact) mass is 407 g/mol. The Hall–Kier alpha value is -3.49. The van der Waals surface area contributed by atoms with Crippen molar-refractivity contribution < 1.29 is 31.9 Å². The Morgan fingerprint density at radius 2 is 1.83 bits per heavy atom. The van der Waals surface area contributed by atoms with Crippen LogP contribution < -0.4 is 15.7 Å². The lowest BCUT2D eigenvalue weighted by Crippen LogP contribution is -2.13. The Balaban J connectivity index is 1.80. The third-order valence-electron chi connectivity index (χ3n) is 3.93. The molecule has 1 heterocycles. The van der Waals surface area contributed by atoms with Gasteiger partial charge in [-0.2, -0.15) is 13.2 Å². The highest BCUT2D eigenvalue weighted by Crippen LogP contribution is 2.30. The zero-order valence-corrected chi connectivity index (χ0v) is 15.2. The number of amides is 1. The van der Waals surface area contributed by atoms with Crippen LogP contribution in [0.5, 0.6) is 5.75 Å². The normalized spacial score (nSPS) is 11.3. The van der Waals surface area contributed by atoms with Crippen molar-refractivity contribution in [2.45, 2.75) is 19.7 Å². The van der Waals surface area contributed by atoms with Crippen LogP contribution in [0, 0.1) is 0 Å². The number of hydrogen-bond acceptors (Lipinski definition) is 5. The highest BCUT2D eigenvalue weighted by molar-refractivity contribution is 5.89. The van der Waals surface area contributed by atoms with Crippen LogP contribution in [0.4, 0.5) is 23.7 Å². The second-order valence-corrected chi connectivity index (χ2v) is 5.96. The van der Waals surface area contributed by atoms with Gasteiger partial charge in [-0.15, -0.1) is 0 Å². The topological polar surface area (TPSA) is 77.8 Å². The van der Waals surface area contributed by atoms with Crippen LogP contribution in [0.2, 0.25) is 0 Å². The molecular weight excluding hydrogens is 391 g/mol. The second-order valence-electron chi connectivity index (χ2n) is 5.96. The van der Waals surface area contributed by atoms with Crippen LogP contribution in [-0.2, 0) is 17.5 Å². The van der Waals surface area contributed by atoms with Crippen molar-refractivity contribution in [1.82, 2.24) is 0 Å². The van der Waals surface area contributed by atoms with E-state index in [0.717, 1.165) is 12.1 Å². The van der Waals surface area contributed by atoms with Crippen LogP contribution in [0.1, 0.15) is 18.1 Å². The molecule has 6 nitrogen and oxygen atoms in total. The molecule has 0 aliphatic rings. The van der Waals surface area contributed by atoms with E-state index in [1.165, 1.54) is 24.3 Å². The summed E-state index contributed by atoms with van der Waals surface area (Å²) in [6.45, 7) is 1.82. The maximum atomic E-state index is 12.6. The zero-order valence-electron chi connectivity index (χ0n) is 15.2. The summed E-state index contributed by atoms with van der Waals surface area (Å²) in [5, 5.41) is 3.06. The Kier molecular flexibility index (Phi) is 5.76. The fourth-order valence-electron chi connectivity index (χ4n) is 2.61. The Morgan fingerprint density at radius 1 is 1.10 bits per heavy atom. The lowest BCUT2D eigenvalue weighted by Gasteiger charge is -2.11. The maximum absolute atomic E-state index is 12.6. The molecule has 29 heavy (non-hydrogen) atoms. The van der Waals surface area contributed by atoms with Gasteiger partial charge in [-0.3, -0.25) is 5.32 Å². The Morgan fingerprint density at radius 3 is 2.48 bits per heavy atom. The molecule has 0 spiro atoms. The van der Waals surface area contributed by atoms with Gasteiger partial charge in [0, 0.05) is 28.8 Å². The number of anilines is 1. The van der Waals surface area contributed by atoms with Gasteiger partial charge in [0.05, 0.1) is 12.2 Å². The molecule has 0 unspecified atom stereocenters. The van der Waals surface area contributed by atoms with Gasteiger partial charge >= 0.3 is 17.9 Å². The van der Waals surface area contributed by atoms with E-state index in [4.69, 9.17) is 13.9 Å². The smallest absolute Gasteiger partial charge is 0.416 e. The van der Waals surface area contributed by atoms with E-state index in [-0.39, 0.29) is 24.5 Å². The number of nitrogens with one attached hydrogen (secondary N) is 1. The second kappa shape index (κ2) is 8.26. The SMILES string of the molecule is CCOC(=O)Nc1ccc2c(COc3ccc(C(F)(F)F)cc3)cc(=O)oc2c1. The molecular formula is C20H16F3NO5. The number of halogens is 3. The molecule has 0 atom stereocenters. The number of alkyl halides is 3. The van der Waals surface area contributed by atoms with E-state index in [1.807, 2.05) is 0 Å². The van der Waals surface area contributed by atoms with Crippen molar-refractivity contribution in [1.29, 1.82) is 0 Å². The molecule has 1 aromatic heterocycles. The molecule has 2 aromatic carbocycles. The molecule has 152 valence electrons. The fourth-order valence-corrected chi connectivity index (χ4v) is 2.61. The third-order valence-corrected chi connectivity index (χ3v) is 3.93. The molecule has 0 bridgehead atoms. The minimum absolute atomic E-state index is 0.0574. The average molecular weight is 407 g/mol. The van der Waals surface area contributed by atoms with Crippen LogP contribution in [0.3, 0.4) is 0 Å². The molecule has 0 saturated heterocycles. The number of fused-ring (bicyclic) bond motifs is 1. The molecule has 3 rings (SSSR count). The Bertz CT molecular complexity index is 1070. The number of carbonyl (C=O) groups excluding carboxylic acids is 1. The van der Waals surface area contributed by atoms with Crippen molar-refractivity contribution in [2.24, 2.45) is 0 Å². The van der Waals surface area contributed by atoms with Gasteiger partial charge in [-0.1, -0.05) is 0 Å². The molecule has 1 N–H and O–H groups in total. The first-order valence-corrected chi connectivity index (χ1v) is 8.57. The van der Waals surface area contributed by atoms with Gasteiger partial charge in [-0.25, -0.2) is 9.59 Å². The molecule has 3 aromatic rings. The summed E-state index contributed by atoms with van der Waals surface area (Å²) < 4.78 is 53.3. The van der Waals surface area contributed by atoms with Crippen molar-refractivity contribution in [3.05, 3.63) is 70.1 Å². The van der Waals surface area contributed by atoms with Gasteiger partial charge in [0.25, 0.3) is 0 Å². The molecule has 0 aliphatic carbocycles. The summed E-state index contributed by atoms with van der Waals surface area (Å²) in [6, 6.07) is 10.2. The van der Waals surface area contributed by atoms with Crippen molar-refractivity contribution >= 4 is 22.7 Å². The predicted molar refractivity (Wildman–Crippen MR) is 98.9 cm³/mol. The molecule has 0 aliphatic heterocycles. The lowest BCUT2D eigenvalue weighted by molar-refractivity contribution is -0.137. The van der Waals surface area contributed by atoms with Crippen LogP contribution in [0.25, 0.3) is 11.0 Å². The number of rotatable bonds is 5. The van der Waals surface area contributed by atoms with Gasteiger partial charge in [0.1, 0.15) is 17.9 Å². The van der Waals surface area contributed by atoms with Crippen molar-refractivity contribution in [2.75, 3.05) is 11.9 Å². The highest BCUT2D eigenvalue weighted by Gasteiger charge is 2.30. The quantitative estimate of drug-likeness (QED) is 0.605. The van der Waals surface area contributed by atoms with Gasteiger partial charge < -0.3 is 13.9 Å². The molecule has 9 heteroatoms. The van der Waals surface area contributed by atoms with Crippen molar-refractivity contribution in [3.8, 4) is 5.75 Å². The number of hydrogen-bond donors (Lipinski definition) is 1. The fraction of sp³-hybridized carbons (Fsp3) is 0.200. The summed E-state index contributed by atoms with van der Waals surface area (Å²) in [5.41, 5.74) is -0.328. The van der Waals surface area contributed by atoms with E-state index >= 15 is 0 Å². The molecule has 0 saturated carbocycles. The first-order chi connectivity index (χ1) is 13.8. The van der Waals surface area contributed by atoms with E-state index in [1.54, 1.807) is 19.1 Å². The highest BCUT2D eigenvalue weighted by atomic mass is 19.4. The standard InChI is InChI=1S/C20H16F3NO5/c1-2-27-19(26)24-14-5-8-16-12(9-18(25)29-17(16)10-14)11-28-15-6-3-13(4-7-15)20(21,22)23/h3-10H,2,11H2,1H3,(H,24,26). The first kappa shape index (κ1) is 20.2.